The van der Waals surface area contributed by atoms with E-state index in [1.807, 2.05) is 41.5 Å². The molecule has 0 aliphatic carbocycles. The Morgan fingerprint density at radius 3 is 0.457 bits per heavy atom. The average Bonchev–Trinajstić information content (AvgIpc) is 1.06. The highest BCUT2D eigenvalue weighted by Crippen LogP contribution is 2.25. The molecule has 36 nitrogen and oxygen atoms in total. The number of likely N-dealkylation sites (N-methyl/N-ethyl adjacent to an activating group) is 6. The first kappa shape index (κ1) is 110. The number of amides is 6. The van der Waals surface area contributed by atoms with Gasteiger partial charge in [0.2, 0.25) is 35.4 Å². The predicted octanol–water partition coefficient (Wildman–Crippen LogP) is 16.0. The second-order valence-corrected chi connectivity index (χ2v) is 38.7. The maximum absolute atomic E-state index is 12.1. The number of esters is 6. The number of ether oxygens (including phenoxy) is 6. The maximum Gasteiger partial charge on any atom is 0.325 e. The molecular weight excluding hydrogens is 1770 g/mol. The Hall–Kier alpha value is -9.54. The van der Waals surface area contributed by atoms with Crippen molar-refractivity contribution in [3.63, 3.8) is 0 Å². The molecule has 6 heterocycles. The predicted molar refractivity (Wildman–Crippen MR) is 541 cm³/mol. The number of nitrogens with zero attached hydrogens (tertiary/aromatic N) is 6. The molecule has 6 rings (SSSR count). The fourth-order valence-corrected chi connectivity index (χ4v) is 15.4. The summed E-state index contributed by atoms with van der Waals surface area (Å²) in [6.45, 7) is 13.4. The Bertz CT molecular complexity index is 3620. The van der Waals surface area contributed by atoms with Gasteiger partial charge in [-0.25, -0.2) is 0 Å². The van der Waals surface area contributed by atoms with Crippen LogP contribution >= 0.6 is 0 Å². The largest absolute Gasteiger partial charge is 0.461 e. The zero-order valence-electron chi connectivity index (χ0n) is 95.6. The van der Waals surface area contributed by atoms with E-state index in [1.165, 1.54) is 53.2 Å². The molecule has 0 aromatic heterocycles. The molecule has 0 bridgehead atoms. The summed E-state index contributed by atoms with van der Waals surface area (Å²) in [4.78, 5) is 149. The van der Waals surface area contributed by atoms with Gasteiger partial charge in [-0.2, -0.15) is 0 Å². The molecule has 0 aromatic carbocycles. The lowest BCUT2D eigenvalue weighted by Gasteiger charge is -2.23. The molecule has 792 valence electrons. The molecule has 0 saturated carbocycles. The topological polar surface area (TPSA) is 495 Å². The van der Waals surface area contributed by atoms with Crippen molar-refractivity contribution in [2.45, 2.75) is 428 Å². The number of guanidine groups is 6. The van der Waals surface area contributed by atoms with Crippen LogP contribution in [-0.2, 0) is 86.0 Å². The molecule has 6 fully saturated rings. The molecule has 6 amide bonds. The molecular formula is C102H186N18O18. The van der Waals surface area contributed by atoms with Gasteiger partial charge in [0.05, 0.1) is 0 Å². The van der Waals surface area contributed by atoms with Gasteiger partial charge in [-0.15, -0.1) is 0 Å². The molecule has 12 N–H and O–H groups in total. The number of cyclic esters (lactones) is 6. The van der Waals surface area contributed by atoms with E-state index in [0.717, 1.165) is 212 Å². The monoisotopic (exact) mass is 1960 g/mol. The van der Waals surface area contributed by atoms with Crippen LogP contribution < -0.4 is 31.9 Å². The average molecular weight is 1960 g/mol. The summed E-state index contributed by atoms with van der Waals surface area (Å²) in [6, 6.07) is 0. The third kappa shape index (κ3) is 63.9. The van der Waals surface area contributed by atoms with E-state index in [4.69, 9.17) is 73.2 Å². The first-order valence-corrected chi connectivity index (χ1v) is 51.5. The third-order valence-corrected chi connectivity index (χ3v) is 26.1. The molecule has 0 radical (unpaired) electrons. The van der Waals surface area contributed by atoms with Crippen molar-refractivity contribution in [3.05, 3.63) is 0 Å². The first-order chi connectivity index (χ1) is 69.0. The molecule has 0 aromatic rings. The SMILES string of the molecule is C[C@@H]1CCCCCCCCC(=O)NC(=N)N(C)CC(=O)O[C@H]1C.C[C@@H]1OC(=O)CN(C)C(=N)NC(=O)CCCCCCCC[C@@H]1C.C[C@H]1CCCCCCCCC(=O)NC(=N)N(C)CC(=O)O[C@@H]1C.[2H]C([2H])([2H])N1CC(=O)O[C@@H](C)[C@@H](C)CCCCCCCCC(=O)NC1=N.[2H]C([2H])([2H])N1CC(=O)O[C@@H](C)[C@H](C)CCCCCCCCC(=O)NC1=N.[2H]C([2H])([2H])N1CC(=O)O[C@H](C)[C@@H](C)CCCCCCCCC(=O)NC1=N. The number of carbonyl (C=O) groups is 12. The van der Waals surface area contributed by atoms with Gasteiger partial charge in [0.15, 0.2) is 35.8 Å². The van der Waals surface area contributed by atoms with Crippen LogP contribution in [0.25, 0.3) is 0 Å². The Labute approximate surface area is 840 Å². The lowest BCUT2D eigenvalue weighted by molar-refractivity contribution is -0.151. The van der Waals surface area contributed by atoms with Crippen LogP contribution in [0.2, 0.25) is 0 Å². The smallest absolute Gasteiger partial charge is 0.325 e. The van der Waals surface area contributed by atoms with Gasteiger partial charge in [-0.05, 0) is 154 Å². The Kier molecular flexibility index (Phi) is 60.3. The fraction of sp³-hybridized carbons (Fsp3) is 0.824. The van der Waals surface area contributed by atoms with Crippen molar-refractivity contribution in [1.29, 1.82) is 32.5 Å². The van der Waals surface area contributed by atoms with E-state index >= 15 is 0 Å². The summed E-state index contributed by atoms with van der Waals surface area (Å²) in [5, 5.41) is 61.5. The number of nitrogens with one attached hydrogen (secondary N) is 12. The maximum atomic E-state index is 12.1. The van der Waals surface area contributed by atoms with Crippen LogP contribution in [0, 0.1) is 68.0 Å². The van der Waals surface area contributed by atoms with E-state index in [9.17, 15) is 57.5 Å². The van der Waals surface area contributed by atoms with Gasteiger partial charge in [-0.3, -0.25) is 122 Å². The highest BCUT2D eigenvalue weighted by molar-refractivity contribution is 6.00. The molecule has 6 aliphatic heterocycles. The van der Waals surface area contributed by atoms with Crippen LogP contribution in [0.4, 0.5) is 0 Å². The zero-order chi connectivity index (χ0) is 111. The van der Waals surface area contributed by atoms with Gasteiger partial charge in [0.25, 0.3) is 0 Å². The summed E-state index contributed by atoms with van der Waals surface area (Å²) in [6.07, 6.45) is 44.0. The van der Waals surface area contributed by atoms with E-state index in [2.05, 4.69) is 52.7 Å². The van der Waals surface area contributed by atoms with Gasteiger partial charge >= 0.3 is 35.8 Å². The standard InChI is InChI=1S/6C17H31N3O3/c6*1-13-10-8-6-4-5-7-9-11-15(21)19-17(18)20(3)12-16(22)23-14(13)2/h6*13-14H,4-12H2,1-3H3,(H2,18,19,21)/t4*13-,14+;2*13-,14-/m110000/s1/i3D3;;3D3;;3D3;. The molecule has 36 heteroatoms. The third-order valence-electron chi connectivity index (χ3n) is 26.1. The number of rotatable bonds is 0. The van der Waals surface area contributed by atoms with E-state index in [1.54, 1.807) is 41.9 Å². The molecule has 6 aliphatic rings. The van der Waals surface area contributed by atoms with Crippen molar-refractivity contribution in [2.75, 3.05) is 81.3 Å². The lowest BCUT2D eigenvalue weighted by atomic mass is 9.97. The van der Waals surface area contributed by atoms with E-state index < -0.39 is 94.1 Å². The van der Waals surface area contributed by atoms with E-state index in [0.29, 0.717) is 71.0 Å². The summed E-state index contributed by atoms with van der Waals surface area (Å²) in [5.41, 5.74) is 0. The van der Waals surface area contributed by atoms with Crippen molar-refractivity contribution in [2.24, 2.45) is 35.5 Å². The van der Waals surface area contributed by atoms with Gasteiger partial charge in [-0.1, -0.05) is 234 Å². The Morgan fingerprint density at radius 2 is 0.319 bits per heavy atom. The molecule has 6 saturated heterocycles. The molecule has 0 unspecified atom stereocenters. The van der Waals surface area contributed by atoms with Crippen molar-refractivity contribution in [1.82, 2.24) is 61.3 Å². The normalized spacial score (nSPS) is 28.3. The quantitative estimate of drug-likeness (QED) is 0.0791. The second-order valence-electron chi connectivity index (χ2n) is 38.7. The summed E-state index contributed by atoms with van der Waals surface area (Å²) < 4.78 is 100. The van der Waals surface area contributed by atoms with Crippen molar-refractivity contribution in [3.8, 4) is 0 Å². The van der Waals surface area contributed by atoms with Gasteiger partial charge in [0, 0.05) is 92.9 Å². The molecule has 12 atom stereocenters. The van der Waals surface area contributed by atoms with Crippen molar-refractivity contribution < 1.29 is 98.3 Å². The number of hydrogen-bond acceptors (Lipinski definition) is 24. The highest BCUT2D eigenvalue weighted by Gasteiger charge is 2.28. The number of hydrogen-bond donors (Lipinski definition) is 12. The van der Waals surface area contributed by atoms with Crippen LogP contribution in [0.5, 0.6) is 0 Å². The molecule has 0 spiro atoms. The second kappa shape index (κ2) is 75.4. The molecule has 138 heavy (non-hydrogen) atoms. The Morgan fingerprint density at radius 1 is 0.203 bits per heavy atom. The van der Waals surface area contributed by atoms with Crippen molar-refractivity contribution >= 4 is 107 Å². The fourth-order valence-electron chi connectivity index (χ4n) is 15.4. The van der Waals surface area contributed by atoms with Crippen LogP contribution in [0.1, 0.15) is 404 Å². The van der Waals surface area contributed by atoms with Crippen LogP contribution in [-0.4, -0.2) is 254 Å². The van der Waals surface area contributed by atoms with Gasteiger partial charge < -0.3 is 57.8 Å². The number of carbonyl (C=O) groups excluding carboxylic acids is 12. The summed E-state index contributed by atoms with van der Waals surface area (Å²) >= 11 is 0. The summed E-state index contributed by atoms with van der Waals surface area (Å²) in [5.74, 6) is -5.44. The van der Waals surface area contributed by atoms with Crippen LogP contribution in [0.15, 0.2) is 0 Å². The minimum absolute atomic E-state index is 0.0316. The Balaban J connectivity index is 0.000000883. The lowest BCUT2D eigenvalue weighted by Crippen LogP contribution is -2.44. The minimum Gasteiger partial charge on any atom is -0.461 e. The van der Waals surface area contributed by atoms with E-state index in [-0.39, 0.29) is 147 Å². The first-order valence-electron chi connectivity index (χ1n) is 56.0. The highest BCUT2D eigenvalue weighted by atomic mass is 16.6. The minimum atomic E-state index is -2.72. The summed E-state index contributed by atoms with van der Waals surface area (Å²) in [7, 11) is 4.81. The van der Waals surface area contributed by atoms with Gasteiger partial charge in [0.1, 0.15) is 75.9 Å². The van der Waals surface area contributed by atoms with Crippen LogP contribution in [0.3, 0.4) is 0 Å². The zero-order valence-corrected chi connectivity index (χ0v) is 86.6.